The monoisotopic (exact) mass is 451 g/mol. The fourth-order valence-corrected chi connectivity index (χ4v) is 3.94. The number of aromatic nitrogens is 4. The summed E-state index contributed by atoms with van der Waals surface area (Å²) < 4.78 is 38.0. The molecule has 1 fully saturated rings. The Morgan fingerprint density at radius 2 is 2.10 bits per heavy atom. The van der Waals surface area contributed by atoms with Crippen LogP contribution in [0, 0.1) is 0 Å². The Labute approximate surface area is 175 Å². The second-order valence-corrected chi connectivity index (χ2v) is 7.90. The molecule has 1 saturated heterocycles. The number of rotatable bonds is 6. The van der Waals surface area contributed by atoms with E-state index in [2.05, 4.69) is 32.5 Å². The van der Waals surface area contributed by atoms with Gasteiger partial charge >= 0.3 is 7.23 Å². The first-order valence-electron chi connectivity index (χ1n) is 8.75. The lowest BCUT2D eigenvalue weighted by molar-refractivity contribution is -0.0427. The Hall–Kier alpha value is -2.50. The highest BCUT2D eigenvalue weighted by atomic mass is 32.7. The number of carbonyl (C=O) groups excluding carboxylic acids is 1. The first-order chi connectivity index (χ1) is 14.5. The second kappa shape index (κ2) is 8.70. The van der Waals surface area contributed by atoms with E-state index < -0.39 is 44.4 Å². The van der Waals surface area contributed by atoms with E-state index in [0.29, 0.717) is 5.56 Å². The van der Waals surface area contributed by atoms with Gasteiger partial charge in [0.2, 0.25) is 0 Å². The molecule has 0 spiro atoms. The van der Waals surface area contributed by atoms with Crippen LogP contribution in [0.1, 0.15) is 16.6 Å². The van der Waals surface area contributed by atoms with Crippen molar-refractivity contribution in [3.8, 4) is 0 Å². The van der Waals surface area contributed by atoms with E-state index in [0.717, 1.165) is 0 Å². The van der Waals surface area contributed by atoms with Gasteiger partial charge in [0, 0.05) is 5.56 Å². The Balaban J connectivity index is 1.63. The number of ether oxygens (including phenoxy) is 1. The molecule has 0 bridgehead atoms. The summed E-state index contributed by atoms with van der Waals surface area (Å²) in [5.41, 5.74) is 0.841. The average Bonchev–Trinajstić information content (AvgIpc) is 3.30. The molecule has 10 nitrogen and oxygen atoms in total. The van der Waals surface area contributed by atoms with Crippen LogP contribution in [-0.2, 0) is 26.1 Å². The van der Waals surface area contributed by atoms with Gasteiger partial charge in [-0.3, -0.25) is 9.36 Å². The van der Waals surface area contributed by atoms with E-state index in [4.69, 9.17) is 9.26 Å². The van der Waals surface area contributed by atoms with E-state index >= 15 is 0 Å². The molecule has 1 amide bonds. The predicted octanol–water partition coefficient (Wildman–Crippen LogP) is 1.90. The molecule has 0 aliphatic carbocycles. The summed E-state index contributed by atoms with van der Waals surface area (Å²) in [5, 5.41) is 12.1. The van der Waals surface area contributed by atoms with Gasteiger partial charge in [-0.05, 0) is 12.1 Å². The molecule has 0 radical (unpaired) electrons. The van der Waals surface area contributed by atoms with Crippen molar-refractivity contribution in [1.29, 1.82) is 0 Å². The van der Waals surface area contributed by atoms with Crippen LogP contribution < -0.4 is 5.32 Å². The van der Waals surface area contributed by atoms with Crippen molar-refractivity contribution in [1.82, 2.24) is 19.5 Å². The van der Waals surface area contributed by atoms with E-state index in [1.165, 1.54) is 17.2 Å². The number of alkyl halides is 1. The number of anilines is 1. The van der Waals surface area contributed by atoms with Gasteiger partial charge in [-0.25, -0.2) is 19.3 Å². The number of imidazole rings is 1. The predicted molar refractivity (Wildman–Crippen MR) is 105 cm³/mol. The van der Waals surface area contributed by atoms with Crippen molar-refractivity contribution >= 4 is 42.4 Å². The molecule has 3 heterocycles. The van der Waals surface area contributed by atoms with Crippen LogP contribution in [0.3, 0.4) is 0 Å². The zero-order valence-electron chi connectivity index (χ0n) is 15.2. The molecule has 0 saturated carbocycles. The van der Waals surface area contributed by atoms with Crippen molar-refractivity contribution in [2.75, 3.05) is 11.9 Å². The van der Waals surface area contributed by atoms with Gasteiger partial charge in [0.1, 0.15) is 12.4 Å². The van der Waals surface area contributed by atoms with Crippen LogP contribution in [0.15, 0.2) is 43.0 Å². The largest absolute Gasteiger partial charge is 0.408 e. The minimum Gasteiger partial charge on any atom is -0.408 e. The number of aliphatic hydroxyl groups is 1. The number of nitrogens with zero attached hydrogens (tertiary/aromatic N) is 4. The SMILES string of the molecule is O=C(Nc1ncnc2c1ncn2[C@@H]1O[C@H](CO)[C@@H](O[P+](=O)[S-])[C@@H]1F)c1ccccc1. The second-order valence-electron chi connectivity index (χ2n) is 6.35. The van der Waals surface area contributed by atoms with Gasteiger partial charge in [0.15, 0.2) is 35.5 Å². The number of aliphatic hydroxyl groups excluding tert-OH is 1. The number of carbonyl (C=O) groups is 1. The lowest BCUT2D eigenvalue weighted by Gasteiger charge is -2.15. The number of hydrogen-bond acceptors (Lipinski definition) is 9. The number of amides is 1. The molecular weight excluding hydrogens is 436 g/mol. The number of benzene rings is 1. The van der Waals surface area contributed by atoms with E-state index in [1.54, 1.807) is 30.3 Å². The number of fused-ring (bicyclic) bond motifs is 1. The van der Waals surface area contributed by atoms with Gasteiger partial charge in [-0.15, -0.1) is 0 Å². The van der Waals surface area contributed by atoms with Crippen molar-refractivity contribution in [3.63, 3.8) is 0 Å². The van der Waals surface area contributed by atoms with Gasteiger partial charge in [0.05, 0.1) is 12.9 Å². The minimum atomic E-state index is -2.51. The van der Waals surface area contributed by atoms with Gasteiger partial charge in [0.25, 0.3) is 5.91 Å². The zero-order chi connectivity index (χ0) is 21.3. The molecule has 1 aliphatic heterocycles. The lowest BCUT2D eigenvalue weighted by Crippen LogP contribution is -2.32. The molecule has 4 rings (SSSR count). The maximum atomic E-state index is 15.0. The molecule has 2 aromatic heterocycles. The molecule has 1 aromatic carbocycles. The standard InChI is InChI=1S/C17H15FN5O5PS/c18-11-13(28-29(26)30)10(6-24)27-17(11)23-8-21-12-14(19-7-20-15(12)23)22-16(25)9-4-2-1-3-5-9/h1-5,7-8,10-11,13,17,24H,6H2,(H,19,20,22,25)/t10-,11+,13-,17-/m1/s1. The molecule has 1 unspecified atom stereocenters. The van der Waals surface area contributed by atoms with Crippen LogP contribution in [-0.4, -0.2) is 55.5 Å². The van der Waals surface area contributed by atoms with Crippen molar-refractivity contribution in [2.45, 2.75) is 24.6 Å². The topological polar surface area (TPSA) is 128 Å². The van der Waals surface area contributed by atoms with Crippen molar-refractivity contribution < 1.29 is 28.1 Å². The number of halogens is 1. The molecule has 156 valence electrons. The van der Waals surface area contributed by atoms with Crippen LogP contribution in [0.25, 0.3) is 11.2 Å². The van der Waals surface area contributed by atoms with Crippen LogP contribution in [0.4, 0.5) is 10.2 Å². The summed E-state index contributed by atoms with van der Waals surface area (Å²) in [4.78, 5) is 24.8. The highest BCUT2D eigenvalue weighted by Crippen LogP contribution is 2.39. The lowest BCUT2D eigenvalue weighted by atomic mass is 10.1. The third-order valence-corrected chi connectivity index (χ3v) is 5.23. The minimum absolute atomic E-state index is 0.140. The first-order valence-corrected chi connectivity index (χ1v) is 10.9. The number of nitrogens with one attached hydrogen (secondary N) is 1. The van der Waals surface area contributed by atoms with E-state index in [-0.39, 0.29) is 17.0 Å². The fourth-order valence-electron chi connectivity index (χ4n) is 3.19. The van der Waals surface area contributed by atoms with Crippen LogP contribution in [0.5, 0.6) is 0 Å². The van der Waals surface area contributed by atoms with Gasteiger partial charge < -0.3 is 27.4 Å². The van der Waals surface area contributed by atoms with Gasteiger partial charge in [-0.1, -0.05) is 22.8 Å². The maximum absolute atomic E-state index is 15.0. The Bertz CT molecular complexity index is 1090. The maximum Gasteiger partial charge on any atom is 0.372 e. The van der Waals surface area contributed by atoms with Crippen LogP contribution >= 0.6 is 7.23 Å². The first kappa shape index (κ1) is 20.8. The summed E-state index contributed by atoms with van der Waals surface area (Å²) in [6.45, 7) is -0.555. The van der Waals surface area contributed by atoms with Crippen molar-refractivity contribution in [3.05, 3.63) is 48.5 Å². The van der Waals surface area contributed by atoms with E-state index in [1.807, 2.05) is 0 Å². The Morgan fingerprint density at radius 1 is 1.33 bits per heavy atom. The highest BCUT2D eigenvalue weighted by molar-refractivity contribution is 8.25. The number of hydrogen-bond donors (Lipinski definition) is 2. The molecular formula is C17H15FN5O5PS. The molecule has 13 heteroatoms. The summed E-state index contributed by atoms with van der Waals surface area (Å²) in [5.74, 6) is -0.255. The molecule has 1 aliphatic rings. The normalized spacial score (nSPS) is 24.2. The molecule has 3 aromatic rings. The smallest absolute Gasteiger partial charge is 0.372 e. The third-order valence-electron chi connectivity index (χ3n) is 4.56. The Morgan fingerprint density at radius 3 is 2.80 bits per heavy atom. The summed E-state index contributed by atoms with van der Waals surface area (Å²) in [6, 6.07) is 8.53. The quantitative estimate of drug-likeness (QED) is 0.426. The summed E-state index contributed by atoms with van der Waals surface area (Å²) in [6.07, 6.45) is -2.95. The summed E-state index contributed by atoms with van der Waals surface area (Å²) >= 11 is 4.49. The third kappa shape index (κ3) is 3.92. The average molecular weight is 451 g/mol. The fraction of sp³-hybridized carbons (Fsp3) is 0.294. The highest BCUT2D eigenvalue weighted by Gasteiger charge is 2.50. The molecule has 30 heavy (non-hydrogen) atoms. The zero-order valence-corrected chi connectivity index (χ0v) is 16.9. The van der Waals surface area contributed by atoms with Crippen molar-refractivity contribution in [2.24, 2.45) is 0 Å². The Kier molecular flexibility index (Phi) is 6.02. The van der Waals surface area contributed by atoms with Gasteiger partial charge in [-0.2, -0.15) is 4.52 Å². The molecule has 5 atom stereocenters. The summed E-state index contributed by atoms with van der Waals surface area (Å²) in [7, 11) is -2.51. The molecule has 2 N–H and O–H groups in total. The van der Waals surface area contributed by atoms with Crippen LogP contribution in [0.2, 0.25) is 0 Å². The van der Waals surface area contributed by atoms with E-state index in [9.17, 15) is 18.9 Å².